The van der Waals surface area contributed by atoms with Crippen LogP contribution in [-0.2, 0) is 9.47 Å². The largest absolute Gasteiger partial charge is 0.472 e. The minimum Gasteiger partial charge on any atom is -0.472 e. The van der Waals surface area contributed by atoms with Crippen LogP contribution in [0.4, 0.5) is 0 Å². The Morgan fingerprint density at radius 3 is 1.50 bits per heavy atom. The van der Waals surface area contributed by atoms with E-state index < -0.39 is 0 Å². The molecule has 0 unspecified atom stereocenters. The third-order valence-corrected chi connectivity index (χ3v) is 1.84. The highest BCUT2D eigenvalue weighted by Gasteiger charge is 2.13. The first-order valence-corrected chi connectivity index (χ1v) is 5.50. The monoisotopic (exact) mass is 232 g/mol. The van der Waals surface area contributed by atoms with Crippen LogP contribution >= 0.6 is 0 Å². The Balaban J connectivity index is 4.09. The van der Waals surface area contributed by atoms with Gasteiger partial charge in [0.05, 0.1) is 13.2 Å². The summed E-state index contributed by atoms with van der Waals surface area (Å²) in [6.07, 6.45) is 3.57. The Kier molecular flexibility index (Phi) is 9.15. The maximum Gasteiger partial charge on any atom is 0.316 e. The predicted molar refractivity (Wildman–Crippen MR) is 60.2 cm³/mol. The molecule has 0 aliphatic rings. The summed E-state index contributed by atoms with van der Waals surface area (Å²) >= 11 is 0. The topological polar surface area (TPSA) is 83.6 Å². The summed E-state index contributed by atoms with van der Waals surface area (Å²) < 4.78 is 10.2. The van der Waals surface area contributed by atoms with E-state index in [4.69, 9.17) is 19.9 Å². The van der Waals surface area contributed by atoms with Crippen molar-refractivity contribution in [1.29, 1.82) is 0 Å². The molecule has 2 N–H and O–H groups in total. The number of unbranched alkanes of at least 4 members (excludes halogenated alkanes) is 2. The second-order valence-electron chi connectivity index (χ2n) is 3.21. The van der Waals surface area contributed by atoms with Crippen LogP contribution in [-0.4, -0.2) is 35.4 Å². The highest BCUT2D eigenvalue weighted by Crippen LogP contribution is 1.96. The number of hydrogen-bond donors (Lipinski definition) is 2. The van der Waals surface area contributed by atoms with Gasteiger partial charge in [0.15, 0.2) is 0 Å². The molecule has 6 heteroatoms. The van der Waals surface area contributed by atoms with Gasteiger partial charge >= 0.3 is 11.8 Å². The maximum absolute atomic E-state index is 8.67. The summed E-state index contributed by atoms with van der Waals surface area (Å²) in [5.41, 5.74) is 0. The highest BCUT2D eigenvalue weighted by atomic mass is 16.6. The summed E-state index contributed by atoms with van der Waals surface area (Å²) in [5.74, 6) is -0.376. The molecule has 0 saturated heterocycles. The molecule has 0 aliphatic heterocycles. The van der Waals surface area contributed by atoms with E-state index in [-0.39, 0.29) is 11.8 Å². The van der Waals surface area contributed by atoms with Crippen LogP contribution in [0.2, 0.25) is 0 Å². The number of ether oxygens (including phenoxy) is 2. The number of oxime groups is 2. The Bertz CT molecular complexity index is 205. The van der Waals surface area contributed by atoms with Crippen LogP contribution in [0.15, 0.2) is 10.3 Å². The van der Waals surface area contributed by atoms with Gasteiger partial charge in [0.1, 0.15) is 0 Å². The molecule has 0 bridgehead atoms. The first-order chi connectivity index (χ1) is 7.79. The van der Waals surface area contributed by atoms with Gasteiger partial charge in [0, 0.05) is 0 Å². The fourth-order valence-corrected chi connectivity index (χ4v) is 0.893. The molecule has 0 aliphatic carbocycles. The average Bonchev–Trinajstić information content (AvgIpc) is 2.31. The van der Waals surface area contributed by atoms with Crippen molar-refractivity contribution in [3.05, 3.63) is 0 Å². The lowest BCUT2D eigenvalue weighted by atomic mass is 10.4. The summed E-state index contributed by atoms with van der Waals surface area (Å²) in [6, 6.07) is 0. The fraction of sp³-hybridized carbons (Fsp3) is 0.800. The van der Waals surface area contributed by atoms with Gasteiger partial charge in [-0.2, -0.15) is 0 Å². The van der Waals surface area contributed by atoms with Crippen LogP contribution in [0.5, 0.6) is 0 Å². The molecule has 0 radical (unpaired) electrons. The Hall–Kier alpha value is -1.46. The van der Waals surface area contributed by atoms with Crippen molar-refractivity contribution in [1.82, 2.24) is 0 Å². The van der Waals surface area contributed by atoms with Gasteiger partial charge in [0.2, 0.25) is 0 Å². The average molecular weight is 232 g/mol. The SMILES string of the molecule is CCCCOC(=N\O)/C(=N\O)OCCCC. The first-order valence-electron chi connectivity index (χ1n) is 5.50. The molecule has 0 amide bonds. The van der Waals surface area contributed by atoms with E-state index >= 15 is 0 Å². The minimum absolute atomic E-state index is 0.188. The molecule has 0 spiro atoms. The first kappa shape index (κ1) is 14.5. The molecular weight excluding hydrogens is 212 g/mol. The van der Waals surface area contributed by atoms with Crippen LogP contribution in [0.1, 0.15) is 39.5 Å². The molecule has 0 atom stereocenters. The van der Waals surface area contributed by atoms with Gasteiger partial charge in [-0.1, -0.05) is 26.7 Å². The van der Waals surface area contributed by atoms with E-state index in [2.05, 4.69) is 10.3 Å². The lowest BCUT2D eigenvalue weighted by Crippen LogP contribution is -2.22. The molecule has 16 heavy (non-hydrogen) atoms. The van der Waals surface area contributed by atoms with Crippen molar-refractivity contribution in [2.24, 2.45) is 10.3 Å². The number of hydrogen-bond acceptors (Lipinski definition) is 6. The molecular formula is C10H20N2O4. The van der Waals surface area contributed by atoms with Crippen molar-refractivity contribution >= 4 is 11.8 Å². The van der Waals surface area contributed by atoms with E-state index in [9.17, 15) is 0 Å². The highest BCUT2D eigenvalue weighted by molar-refractivity contribution is 6.34. The van der Waals surface area contributed by atoms with E-state index in [1.165, 1.54) is 0 Å². The molecule has 0 heterocycles. The Morgan fingerprint density at radius 2 is 1.25 bits per heavy atom. The van der Waals surface area contributed by atoms with Gasteiger partial charge in [-0.15, -0.1) is 0 Å². The quantitative estimate of drug-likeness (QED) is 0.242. The minimum atomic E-state index is -0.188. The molecule has 0 aromatic carbocycles. The van der Waals surface area contributed by atoms with E-state index in [0.717, 1.165) is 25.7 Å². The predicted octanol–water partition coefficient (Wildman–Crippen LogP) is 2.20. The van der Waals surface area contributed by atoms with Gasteiger partial charge in [0.25, 0.3) is 0 Å². The van der Waals surface area contributed by atoms with Crippen molar-refractivity contribution in [2.75, 3.05) is 13.2 Å². The van der Waals surface area contributed by atoms with Gasteiger partial charge in [-0.05, 0) is 23.2 Å². The molecule has 94 valence electrons. The molecule has 0 aromatic rings. The zero-order valence-corrected chi connectivity index (χ0v) is 9.85. The van der Waals surface area contributed by atoms with Crippen molar-refractivity contribution in [3.8, 4) is 0 Å². The van der Waals surface area contributed by atoms with Gasteiger partial charge in [-0.3, -0.25) is 0 Å². The van der Waals surface area contributed by atoms with Crippen LogP contribution in [0.25, 0.3) is 0 Å². The zero-order chi connectivity index (χ0) is 12.2. The third kappa shape index (κ3) is 6.10. The Labute approximate surface area is 95.5 Å². The van der Waals surface area contributed by atoms with Crippen LogP contribution in [0, 0.1) is 0 Å². The fourth-order valence-electron chi connectivity index (χ4n) is 0.893. The third-order valence-electron chi connectivity index (χ3n) is 1.84. The summed E-state index contributed by atoms with van der Waals surface area (Å²) in [6.45, 7) is 4.81. The molecule has 0 aromatic heterocycles. The zero-order valence-electron chi connectivity index (χ0n) is 9.85. The summed E-state index contributed by atoms with van der Waals surface area (Å²) in [7, 11) is 0. The normalized spacial score (nSPS) is 12.6. The Morgan fingerprint density at radius 1 is 0.875 bits per heavy atom. The van der Waals surface area contributed by atoms with Crippen LogP contribution in [0.3, 0.4) is 0 Å². The molecule has 0 fully saturated rings. The lowest BCUT2D eigenvalue weighted by molar-refractivity contribution is 0.224. The van der Waals surface area contributed by atoms with Crippen molar-refractivity contribution in [2.45, 2.75) is 39.5 Å². The van der Waals surface area contributed by atoms with E-state index in [1.54, 1.807) is 0 Å². The number of nitrogens with zero attached hydrogens (tertiary/aromatic N) is 2. The van der Waals surface area contributed by atoms with E-state index in [0.29, 0.717) is 13.2 Å². The summed E-state index contributed by atoms with van der Waals surface area (Å²) in [4.78, 5) is 0. The van der Waals surface area contributed by atoms with Crippen molar-refractivity contribution < 1.29 is 19.9 Å². The van der Waals surface area contributed by atoms with E-state index in [1.807, 2.05) is 13.8 Å². The standard InChI is InChI=1S/C10H20N2O4/c1-3-5-7-15-9(11-13)10(12-14)16-8-6-4-2/h13-14H,3-8H2,1-2H3/b11-9-,12-10+. The molecule has 0 rings (SSSR count). The summed E-state index contributed by atoms with van der Waals surface area (Å²) in [5, 5.41) is 23.1. The maximum atomic E-state index is 8.67. The van der Waals surface area contributed by atoms with Crippen molar-refractivity contribution in [3.63, 3.8) is 0 Å². The molecule has 6 nitrogen and oxygen atoms in total. The second-order valence-corrected chi connectivity index (χ2v) is 3.21. The second kappa shape index (κ2) is 10.1. The molecule has 0 saturated carbocycles. The number of rotatable bonds is 6. The van der Waals surface area contributed by atoms with Gasteiger partial charge < -0.3 is 19.9 Å². The van der Waals surface area contributed by atoms with Gasteiger partial charge in [-0.25, -0.2) is 0 Å². The van der Waals surface area contributed by atoms with Crippen LogP contribution < -0.4 is 0 Å². The smallest absolute Gasteiger partial charge is 0.316 e. The lowest BCUT2D eigenvalue weighted by Gasteiger charge is -2.09.